The van der Waals surface area contributed by atoms with Crippen LogP contribution >= 0.6 is 11.6 Å². The molecular formula is C24H28ClF2N7O2. The molecule has 0 spiro atoms. The summed E-state index contributed by atoms with van der Waals surface area (Å²) >= 11 is 5.79. The van der Waals surface area contributed by atoms with Gasteiger partial charge in [0, 0.05) is 29.6 Å². The molecular weight excluding hydrogens is 492 g/mol. The Morgan fingerprint density at radius 3 is 2.56 bits per heavy atom. The molecule has 2 fully saturated rings. The lowest BCUT2D eigenvalue weighted by Gasteiger charge is -2.30. The molecule has 2 atom stereocenters. The Morgan fingerprint density at radius 1 is 1.17 bits per heavy atom. The molecule has 4 N–H and O–H groups in total. The van der Waals surface area contributed by atoms with Gasteiger partial charge in [0.05, 0.1) is 12.8 Å². The summed E-state index contributed by atoms with van der Waals surface area (Å²) in [6.45, 7) is 3.43. The van der Waals surface area contributed by atoms with Gasteiger partial charge in [-0.15, -0.1) is 0 Å². The van der Waals surface area contributed by atoms with E-state index in [0.717, 1.165) is 18.6 Å². The maximum absolute atomic E-state index is 14.6. The number of nitrogens with zero attached hydrogens (tertiary/aromatic N) is 4. The third-order valence-corrected chi connectivity index (χ3v) is 7.31. The van der Waals surface area contributed by atoms with E-state index in [1.807, 2.05) is 4.57 Å². The number of ether oxygens (including phenoxy) is 1. The van der Waals surface area contributed by atoms with Crippen molar-refractivity contribution in [2.75, 3.05) is 23.8 Å². The number of benzene rings is 1. The minimum absolute atomic E-state index is 0.0437. The lowest BCUT2D eigenvalue weighted by molar-refractivity contribution is -0.122. The van der Waals surface area contributed by atoms with Gasteiger partial charge in [-0.05, 0) is 50.2 Å². The van der Waals surface area contributed by atoms with E-state index < -0.39 is 11.6 Å². The van der Waals surface area contributed by atoms with Gasteiger partial charge in [0.15, 0.2) is 17.3 Å². The van der Waals surface area contributed by atoms with Crippen molar-refractivity contribution in [2.24, 2.45) is 17.6 Å². The predicted molar refractivity (Wildman–Crippen MR) is 132 cm³/mol. The highest BCUT2D eigenvalue weighted by atomic mass is 35.5. The molecule has 2 aliphatic rings. The number of amides is 1. The summed E-state index contributed by atoms with van der Waals surface area (Å²) in [5.74, 6) is -1.20. The van der Waals surface area contributed by atoms with Gasteiger partial charge in [0.1, 0.15) is 11.2 Å². The van der Waals surface area contributed by atoms with Gasteiger partial charge in [-0.3, -0.25) is 9.36 Å². The standard InChI is InChI=1S/C24H28ClF2N7O2/c1-12-11-36-7-6-18(12)30-23-29-10-19-22(33-23)34(15-4-2-13(3-5-15)21(28)35)24(31-19)32-20-16(26)8-14(25)9-17(20)27/h8-10,12-13,15,18H,2-7,11H2,1H3,(H2,28,35)(H,31,32)(H,29,30,33)/t12-,13-,15-,18-/m0/s1. The van der Waals surface area contributed by atoms with Gasteiger partial charge in [0.25, 0.3) is 0 Å². The molecule has 2 aromatic heterocycles. The smallest absolute Gasteiger partial charge is 0.224 e. The topological polar surface area (TPSA) is 120 Å². The second-order valence-electron chi connectivity index (χ2n) is 9.58. The van der Waals surface area contributed by atoms with Crippen LogP contribution in [0.3, 0.4) is 0 Å². The third kappa shape index (κ3) is 4.94. The first-order chi connectivity index (χ1) is 17.3. The van der Waals surface area contributed by atoms with E-state index in [1.165, 1.54) is 0 Å². The van der Waals surface area contributed by atoms with Crippen molar-refractivity contribution in [3.63, 3.8) is 0 Å². The van der Waals surface area contributed by atoms with Gasteiger partial charge in [-0.1, -0.05) is 18.5 Å². The van der Waals surface area contributed by atoms with Crippen molar-refractivity contribution in [1.29, 1.82) is 0 Å². The minimum atomic E-state index is -0.835. The second kappa shape index (κ2) is 10.1. The summed E-state index contributed by atoms with van der Waals surface area (Å²) in [7, 11) is 0. The molecule has 1 amide bonds. The van der Waals surface area contributed by atoms with Crippen LogP contribution in [0.5, 0.6) is 0 Å². The number of primary amides is 1. The van der Waals surface area contributed by atoms with Crippen LogP contribution in [0.15, 0.2) is 18.3 Å². The maximum atomic E-state index is 14.6. The fraction of sp³-hybridized carbons (Fsp3) is 0.500. The van der Waals surface area contributed by atoms with Gasteiger partial charge in [0.2, 0.25) is 17.8 Å². The first-order valence-electron chi connectivity index (χ1n) is 12.1. The number of anilines is 3. The summed E-state index contributed by atoms with van der Waals surface area (Å²) in [5, 5.41) is 6.17. The Bertz CT molecular complexity index is 1260. The van der Waals surface area contributed by atoms with E-state index in [-0.39, 0.29) is 40.6 Å². The average molecular weight is 520 g/mol. The number of halogens is 3. The number of nitrogens with two attached hydrogens (primary N) is 1. The summed E-state index contributed by atoms with van der Waals surface area (Å²) in [6, 6.07) is 2.13. The second-order valence-corrected chi connectivity index (χ2v) is 10.0. The molecule has 192 valence electrons. The van der Waals surface area contributed by atoms with Crippen LogP contribution in [0, 0.1) is 23.5 Å². The molecule has 0 bridgehead atoms. The number of carbonyl (C=O) groups is 1. The normalized spacial score (nSPS) is 24.6. The fourth-order valence-corrected chi connectivity index (χ4v) is 5.24. The van der Waals surface area contributed by atoms with E-state index in [9.17, 15) is 13.6 Å². The van der Waals surface area contributed by atoms with Gasteiger partial charge >= 0.3 is 0 Å². The molecule has 0 unspecified atom stereocenters. The number of imidazole rings is 1. The maximum Gasteiger partial charge on any atom is 0.224 e. The molecule has 1 aromatic carbocycles. The SMILES string of the molecule is C[C@H]1COCC[C@@H]1Nc1ncc2nc(Nc3c(F)cc(Cl)cc3F)n([C@H]3CC[C@H](C(N)=O)CC3)c2n1. The molecule has 12 heteroatoms. The number of hydrogen-bond donors (Lipinski definition) is 3. The zero-order chi connectivity index (χ0) is 25.4. The number of nitrogens with one attached hydrogen (secondary N) is 2. The number of rotatable bonds is 6. The Kier molecular flexibility index (Phi) is 6.94. The lowest BCUT2D eigenvalue weighted by Crippen LogP contribution is -2.36. The largest absolute Gasteiger partial charge is 0.381 e. The quantitative estimate of drug-likeness (QED) is 0.437. The first kappa shape index (κ1) is 24.6. The summed E-state index contributed by atoms with van der Waals surface area (Å²) in [4.78, 5) is 25.4. The number of fused-ring (bicyclic) bond motifs is 1. The number of aromatic nitrogens is 4. The monoisotopic (exact) mass is 519 g/mol. The summed E-state index contributed by atoms with van der Waals surface area (Å²) < 4.78 is 36.6. The molecule has 3 heterocycles. The van der Waals surface area contributed by atoms with E-state index in [2.05, 4.69) is 27.5 Å². The van der Waals surface area contributed by atoms with Crippen molar-refractivity contribution in [3.05, 3.63) is 35.0 Å². The fourth-order valence-electron chi connectivity index (χ4n) is 5.05. The third-order valence-electron chi connectivity index (χ3n) is 7.10. The van der Waals surface area contributed by atoms with E-state index in [1.54, 1.807) is 6.20 Å². The average Bonchev–Trinajstić information content (AvgIpc) is 3.20. The Labute approximate surface area is 211 Å². The Hall–Kier alpha value is -3.05. The molecule has 1 aliphatic carbocycles. The van der Waals surface area contributed by atoms with Gasteiger partial charge in [-0.2, -0.15) is 4.98 Å². The predicted octanol–water partition coefficient (Wildman–Crippen LogP) is 4.56. The van der Waals surface area contributed by atoms with Crippen LogP contribution in [-0.4, -0.2) is 44.7 Å². The van der Waals surface area contributed by atoms with E-state index >= 15 is 0 Å². The minimum Gasteiger partial charge on any atom is -0.381 e. The van der Waals surface area contributed by atoms with E-state index in [0.29, 0.717) is 61.9 Å². The highest BCUT2D eigenvalue weighted by Crippen LogP contribution is 2.38. The van der Waals surface area contributed by atoms with Crippen molar-refractivity contribution in [1.82, 2.24) is 19.5 Å². The van der Waals surface area contributed by atoms with Crippen LogP contribution in [0.25, 0.3) is 11.2 Å². The van der Waals surface area contributed by atoms with Crippen LogP contribution in [0.2, 0.25) is 5.02 Å². The van der Waals surface area contributed by atoms with Crippen molar-refractivity contribution >= 4 is 46.3 Å². The van der Waals surface area contributed by atoms with Crippen molar-refractivity contribution < 1.29 is 18.3 Å². The zero-order valence-corrected chi connectivity index (χ0v) is 20.6. The summed E-state index contributed by atoms with van der Waals surface area (Å²) in [6.07, 6.45) is 4.93. The molecule has 1 saturated heterocycles. The summed E-state index contributed by atoms with van der Waals surface area (Å²) in [5.41, 5.74) is 6.18. The molecule has 1 aliphatic heterocycles. The first-order valence-corrected chi connectivity index (χ1v) is 12.5. The highest BCUT2D eigenvalue weighted by molar-refractivity contribution is 6.30. The molecule has 1 saturated carbocycles. The van der Waals surface area contributed by atoms with Crippen LogP contribution in [-0.2, 0) is 9.53 Å². The number of hydrogen-bond acceptors (Lipinski definition) is 7. The molecule has 36 heavy (non-hydrogen) atoms. The molecule has 5 rings (SSSR count). The van der Waals surface area contributed by atoms with Crippen LogP contribution in [0.1, 0.15) is 45.1 Å². The van der Waals surface area contributed by atoms with Crippen molar-refractivity contribution in [2.45, 2.75) is 51.1 Å². The zero-order valence-electron chi connectivity index (χ0n) is 19.8. The van der Waals surface area contributed by atoms with E-state index in [4.69, 9.17) is 27.1 Å². The van der Waals surface area contributed by atoms with Crippen LogP contribution in [0.4, 0.5) is 26.4 Å². The molecule has 0 radical (unpaired) electrons. The Balaban J connectivity index is 1.53. The number of carbonyl (C=O) groups excluding carboxylic acids is 1. The van der Waals surface area contributed by atoms with Crippen molar-refractivity contribution in [3.8, 4) is 0 Å². The van der Waals surface area contributed by atoms with Gasteiger partial charge in [-0.25, -0.2) is 18.7 Å². The highest BCUT2D eigenvalue weighted by Gasteiger charge is 2.30. The van der Waals surface area contributed by atoms with Crippen LogP contribution < -0.4 is 16.4 Å². The Morgan fingerprint density at radius 2 is 1.89 bits per heavy atom. The molecule has 9 nitrogen and oxygen atoms in total. The molecule has 3 aromatic rings. The lowest BCUT2D eigenvalue weighted by atomic mass is 9.85. The van der Waals surface area contributed by atoms with Gasteiger partial charge < -0.3 is 21.1 Å².